The van der Waals surface area contributed by atoms with Crippen LogP contribution in [0, 0.1) is 34.5 Å². The second-order valence-electron chi connectivity index (χ2n) is 19.2. The molecule has 7 aliphatic carbocycles. The summed E-state index contributed by atoms with van der Waals surface area (Å²) in [5.74, 6) is 4.81. The lowest BCUT2D eigenvalue weighted by Crippen LogP contribution is -2.25. The van der Waals surface area contributed by atoms with Crippen molar-refractivity contribution in [3.8, 4) is 23.3 Å². The van der Waals surface area contributed by atoms with Crippen LogP contribution in [0.1, 0.15) is 191 Å². The summed E-state index contributed by atoms with van der Waals surface area (Å²) in [4.78, 5) is 0. The summed E-state index contributed by atoms with van der Waals surface area (Å²) in [6.07, 6.45) is 11.3. The van der Waals surface area contributed by atoms with Crippen molar-refractivity contribution in [2.45, 2.75) is 141 Å². The van der Waals surface area contributed by atoms with E-state index in [9.17, 15) is 10.5 Å². The van der Waals surface area contributed by atoms with Crippen molar-refractivity contribution >= 4 is 38.1 Å². The molecule has 266 valence electrons. The minimum absolute atomic E-state index is 0.390. The molecule has 3 fully saturated rings. The maximum Gasteiger partial charge on any atom is 0.0995 e. The van der Waals surface area contributed by atoms with E-state index in [4.69, 9.17) is 0 Å². The third-order valence-corrected chi connectivity index (χ3v) is 15.3. The molecule has 0 saturated heterocycles. The van der Waals surface area contributed by atoms with Crippen LogP contribution >= 0.6 is 0 Å². The van der Waals surface area contributed by atoms with Crippen molar-refractivity contribution < 1.29 is 0 Å². The summed E-state index contributed by atoms with van der Waals surface area (Å²) in [7, 11) is 0. The maximum atomic E-state index is 10.9. The largest absolute Gasteiger partial charge is 0.308 e. The number of fused-ring (bicyclic) bond motifs is 8. The van der Waals surface area contributed by atoms with Crippen molar-refractivity contribution in [2.24, 2.45) is 11.8 Å². The molecule has 2 atom stereocenters. The highest BCUT2D eigenvalue weighted by Crippen LogP contribution is 2.61. The van der Waals surface area contributed by atoms with Crippen molar-refractivity contribution in [1.29, 1.82) is 10.5 Å². The van der Waals surface area contributed by atoms with Crippen LogP contribution < -0.4 is 0 Å². The van der Waals surface area contributed by atoms with Gasteiger partial charge < -0.3 is 4.40 Å². The molecule has 6 aromatic rings. The van der Waals surface area contributed by atoms with Crippen LogP contribution in [-0.4, -0.2) is 4.40 Å². The summed E-state index contributed by atoms with van der Waals surface area (Å²) < 4.78 is 2.54. The van der Waals surface area contributed by atoms with Gasteiger partial charge in [0.1, 0.15) is 0 Å². The first-order valence-corrected chi connectivity index (χ1v) is 21.0. The van der Waals surface area contributed by atoms with Crippen LogP contribution in [-0.2, 0) is 0 Å². The van der Waals surface area contributed by atoms with Gasteiger partial charge in [-0.15, -0.1) is 0 Å². The predicted octanol–water partition coefficient (Wildman–Crippen LogP) is 13.8. The number of benzene rings is 4. The zero-order valence-electron chi connectivity index (χ0n) is 32.4. The van der Waals surface area contributed by atoms with E-state index in [1.807, 2.05) is 0 Å². The van der Waals surface area contributed by atoms with E-state index >= 15 is 0 Å². The van der Waals surface area contributed by atoms with Crippen LogP contribution in [0.4, 0.5) is 0 Å². The number of nitriles is 2. The van der Waals surface area contributed by atoms with Gasteiger partial charge in [-0.1, -0.05) is 53.7 Å². The fourth-order valence-electron chi connectivity index (χ4n) is 13.3. The average molecular weight is 694 g/mol. The minimum atomic E-state index is 0.390. The van der Waals surface area contributed by atoms with Crippen LogP contribution in [0.25, 0.3) is 49.2 Å². The van der Waals surface area contributed by atoms with Crippen LogP contribution in [0.15, 0.2) is 36.4 Å². The number of hydrogen-bond acceptors (Lipinski definition) is 2. The van der Waals surface area contributed by atoms with E-state index in [1.165, 1.54) is 146 Å². The first-order chi connectivity index (χ1) is 25.6. The van der Waals surface area contributed by atoms with E-state index in [0.29, 0.717) is 41.4 Å². The van der Waals surface area contributed by atoms with Gasteiger partial charge in [-0.3, -0.25) is 0 Å². The topological polar surface area (TPSA) is 52.0 Å². The molecule has 0 N–H and O–H groups in total. The van der Waals surface area contributed by atoms with Gasteiger partial charge in [0, 0.05) is 21.5 Å². The van der Waals surface area contributed by atoms with Gasteiger partial charge in [0.25, 0.3) is 0 Å². The van der Waals surface area contributed by atoms with Crippen LogP contribution in [0.2, 0.25) is 0 Å². The Morgan fingerprint density at radius 2 is 1.00 bits per heavy atom. The van der Waals surface area contributed by atoms with Gasteiger partial charge >= 0.3 is 0 Å². The Hall–Kier alpha value is -4.34. The summed E-state index contributed by atoms with van der Waals surface area (Å²) in [5, 5.41) is 27.2. The zero-order valence-corrected chi connectivity index (χ0v) is 32.4. The Morgan fingerprint density at radius 1 is 0.547 bits per heavy atom. The number of aromatic nitrogens is 1. The molecule has 3 nitrogen and oxygen atoms in total. The van der Waals surface area contributed by atoms with E-state index in [2.05, 4.69) is 94.5 Å². The fourth-order valence-corrected chi connectivity index (χ4v) is 13.3. The molecule has 0 radical (unpaired) electrons. The van der Waals surface area contributed by atoms with Crippen molar-refractivity contribution in [1.82, 2.24) is 4.40 Å². The van der Waals surface area contributed by atoms with E-state index < -0.39 is 0 Å². The number of rotatable bonds is 4. The number of hydrogen-bond donors (Lipinski definition) is 0. The minimum Gasteiger partial charge on any atom is -0.308 e. The van der Waals surface area contributed by atoms with E-state index in [1.54, 1.807) is 0 Å². The molecule has 2 aromatic heterocycles. The standard InChI is InChI=1S/C50H51N3/c1-24(2)31-16-37(25(3)4)45(38(17-31)26(5)6)34-18-39-48-41(20-35(22-51)43-29-7-9-30(10-8-29)46(43)48)53-42-21-36(23-52)44-32-12-27-11-28(13-32)15-33(14-27)47(44)49(42)40(19-34)50(39)53/h16-21,24-30,32-33H,7-15H2,1-6H3. The first-order valence-electron chi connectivity index (χ1n) is 21.0. The normalized spacial score (nSPS) is 25.7. The second-order valence-corrected chi connectivity index (χ2v) is 19.2. The summed E-state index contributed by atoms with van der Waals surface area (Å²) in [6, 6.07) is 20.2. The van der Waals surface area contributed by atoms with Crippen molar-refractivity contribution in [3.63, 3.8) is 0 Å². The molecular formula is C50H51N3. The lowest BCUT2D eigenvalue weighted by atomic mass is 9.65. The monoisotopic (exact) mass is 693 g/mol. The van der Waals surface area contributed by atoms with Gasteiger partial charge in [-0.25, -0.2) is 0 Å². The highest BCUT2D eigenvalue weighted by atomic mass is 14.9. The Morgan fingerprint density at radius 3 is 1.47 bits per heavy atom. The highest BCUT2D eigenvalue weighted by molar-refractivity contribution is 6.26. The molecule has 53 heavy (non-hydrogen) atoms. The van der Waals surface area contributed by atoms with Gasteiger partial charge in [-0.2, -0.15) is 10.5 Å². The summed E-state index contributed by atoms with van der Waals surface area (Å²) in [5.41, 5.74) is 18.4. The summed E-state index contributed by atoms with van der Waals surface area (Å²) in [6.45, 7) is 14.1. The lowest BCUT2D eigenvalue weighted by Gasteiger charge is -2.39. The van der Waals surface area contributed by atoms with Gasteiger partial charge in [-0.05, 0) is 185 Å². The third kappa shape index (κ3) is 4.21. The molecule has 2 unspecified atom stereocenters. The molecule has 3 saturated carbocycles. The SMILES string of the molecule is CC(C)c1cc(C(C)C)c(-c2cc3c4c5c(c(C#N)cc4n4c6cc(C#N)c7c(c6c(c2)c34)C2CC3CC(CC7C3)C2)C2CCC5CC2)c(C(C)C)c1. The average Bonchev–Trinajstić information content (AvgIpc) is 3.60. The molecule has 0 amide bonds. The van der Waals surface area contributed by atoms with Crippen LogP contribution in [0.5, 0.6) is 0 Å². The Kier molecular flexibility index (Phi) is 6.73. The summed E-state index contributed by atoms with van der Waals surface area (Å²) >= 11 is 0. The molecule has 0 spiro atoms. The van der Waals surface area contributed by atoms with Gasteiger partial charge in [0.05, 0.1) is 39.8 Å². The Labute approximate surface area is 314 Å². The quantitative estimate of drug-likeness (QED) is 0.185. The second kappa shape index (κ2) is 11.1. The molecule has 6 bridgehead atoms. The highest BCUT2D eigenvalue weighted by Gasteiger charge is 2.45. The van der Waals surface area contributed by atoms with Crippen molar-refractivity contribution in [2.75, 3.05) is 0 Å². The molecular weight excluding hydrogens is 643 g/mol. The Bertz CT molecular complexity index is 2600. The predicted molar refractivity (Wildman–Crippen MR) is 218 cm³/mol. The third-order valence-electron chi connectivity index (χ3n) is 15.3. The van der Waals surface area contributed by atoms with Gasteiger partial charge in [0.2, 0.25) is 0 Å². The van der Waals surface area contributed by atoms with Gasteiger partial charge in [0.15, 0.2) is 0 Å². The molecule has 0 aliphatic heterocycles. The smallest absolute Gasteiger partial charge is 0.0995 e. The first kappa shape index (κ1) is 32.1. The molecule has 3 heteroatoms. The van der Waals surface area contributed by atoms with Crippen LogP contribution in [0.3, 0.4) is 0 Å². The molecule has 7 aliphatic rings. The van der Waals surface area contributed by atoms with Crippen molar-refractivity contribution in [3.05, 3.63) is 86.5 Å². The molecule has 2 heterocycles. The molecule has 13 rings (SSSR count). The fraction of sp³-hybridized carbons (Fsp3) is 0.480. The molecule has 4 aromatic carbocycles. The van der Waals surface area contributed by atoms with E-state index in [-0.39, 0.29) is 0 Å². The lowest BCUT2D eigenvalue weighted by molar-refractivity contribution is 0.166. The Balaban J connectivity index is 1.36. The van der Waals surface area contributed by atoms with E-state index in [0.717, 1.165) is 23.0 Å². The number of nitrogens with zero attached hydrogens (tertiary/aromatic N) is 3. The maximum absolute atomic E-state index is 10.9. The zero-order chi connectivity index (χ0) is 36.2.